The number of carbonyl (C=O) groups is 1. The fourth-order valence-corrected chi connectivity index (χ4v) is 2.86. The molecule has 0 aromatic heterocycles. The molecule has 0 atom stereocenters. The van der Waals surface area contributed by atoms with E-state index < -0.39 is 31.5 Å². The fraction of sp³-hybridized carbons (Fsp3) is 0.176. The molecule has 0 saturated heterocycles. The zero-order chi connectivity index (χ0) is 21.9. The number of carboxylic acids is 1. The maximum atomic E-state index is 11.5. The topological polar surface area (TPSA) is 168 Å². The smallest absolute Gasteiger partial charge is 0.744 e. The molecular formula is C17H16N4Na2O7S. The number of nitrogens with one attached hydrogen (secondary N) is 1. The molecule has 1 N–H and O–H groups in total. The van der Waals surface area contributed by atoms with Gasteiger partial charge in [0.2, 0.25) is 0 Å². The third-order valence-corrected chi connectivity index (χ3v) is 4.48. The van der Waals surface area contributed by atoms with E-state index in [-0.39, 0.29) is 70.5 Å². The number of benzene rings is 2. The van der Waals surface area contributed by atoms with Crippen molar-refractivity contribution in [3.05, 3.63) is 57.6 Å². The van der Waals surface area contributed by atoms with Crippen molar-refractivity contribution in [2.75, 3.05) is 10.5 Å². The van der Waals surface area contributed by atoms with Gasteiger partial charge in [-0.2, -0.15) is 10.2 Å². The Labute approximate surface area is 223 Å². The number of rotatable bonds is 7. The molecule has 14 heteroatoms. The van der Waals surface area contributed by atoms with Gasteiger partial charge < -0.3 is 14.5 Å². The van der Waals surface area contributed by atoms with Crippen LogP contribution < -0.4 is 74.8 Å². The van der Waals surface area contributed by atoms with Crippen molar-refractivity contribution in [2.24, 2.45) is 5.10 Å². The van der Waals surface area contributed by atoms with Crippen molar-refractivity contribution in [1.29, 1.82) is 0 Å². The number of hydrazine groups is 1. The predicted molar refractivity (Wildman–Crippen MR) is 101 cm³/mol. The number of nitro groups is 1. The molecule has 0 radical (unpaired) electrons. The van der Waals surface area contributed by atoms with Crippen LogP contribution in [0.3, 0.4) is 0 Å². The standard InChI is InChI=1S/C17H18N4O7S.2Na/c1-10(2)18-20(19-15-6-4-12(21(24)25)8-11(15)3)16-7-5-13(29(26,27)28)9-14(16)17(22)23;;/h4-9,19H,1-3H3,(H,22,23)(H,26,27,28);;/q;2*+1/p-2. The number of hydrogen-bond acceptors (Lipinski definition) is 10. The largest absolute Gasteiger partial charge is 1.00 e. The minimum Gasteiger partial charge on any atom is -0.744 e. The molecule has 0 bridgehead atoms. The Morgan fingerprint density at radius 2 is 1.74 bits per heavy atom. The van der Waals surface area contributed by atoms with Gasteiger partial charge in [0, 0.05) is 23.4 Å². The molecule has 31 heavy (non-hydrogen) atoms. The van der Waals surface area contributed by atoms with Crippen LogP contribution in [-0.4, -0.2) is 29.6 Å². The van der Waals surface area contributed by atoms with E-state index in [0.29, 0.717) is 23.0 Å². The van der Waals surface area contributed by atoms with Crippen LogP contribution in [0.2, 0.25) is 0 Å². The van der Waals surface area contributed by atoms with Gasteiger partial charge in [0.05, 0.1) is 27.2 Å². The molecule has 0 fully saturated rings. The second kappa shape index (κ2) is 11.9. The molecule has 2 aromatic rings. The van der Waals surface area contributed by atoms with E-state index in [0.717, 1.165) is 17.3 Å². The zero-order valence-electron chi connectivity index (χ0n) is 17.6. The molecule has 0 amide bonds. The molecule has 2 aromatic carbocycles. The van der Waals surface area contributed by atoms with Crippen molar-refractivity contribution in [2.45, 2.75) is 25.7 Å². The van der Waals surface area contributed by atoms with E-state index in [2.05, 4.69) is 10.5 Å². The van der Waals surface area contributed by atoms with E-state index in [1.54, 1.807) is 20.8 Å². The first-order valence-electron chi connectivity index (χ1n) is 8.05. The number of aryl methyl sites for hydroxylation is 1. The zero-order valence-corrected chi connectivity index (χ0v) is 22.4. The number of carboxylic acid groups (broad SMARTS) is 1. The van der Waals surface area contributed by atoms with E-state index in [4.69, 9.17) is 0 Å². The van der Waals surface area contributed by atoms with E-state index in [1.807, 2.05) is 0 Å². The van der Waals surface area contributed by atoms with E-state index in [9.17, 15) is 33.0 Å². The van der Waals surface area contributed by atoms with Crippen LogP contribution in [0.25, 0.3) is 0 Å². The average molecular weight is 466 g/mol. The number of carbonyl (C=O) groups excluding carboxylic acids is 1. The second-order valence-electron chi connectivity index (χ2n) is 6.15. The van der Waals surface area contributed by atoms with Crippen LogP contribution in [0, 0.1) is 17.0 Å². The summed E-state index contributed by atoms with van der Waals surface area (Å²) in [6.07, 6.45) is 0. The Morgan fingerprint density at radius 3 is 2.19 bits per heavy atom. The molecule has 0 unspecified atom stereocenters. The van der Waals surface area contributed by atoms with Crippen LogP contribution in [0.15, 0.2) is 46.4 Å². The van der Waals surface area contributed by atoms with Crippen LogP contribution >= 0.6 is 0 Å². The molecule has 0 aliphatic carbocycles. The SMILES string of the molecule is CC(C)=NN(Nc1ccc([N+](=O)[O-])cc1C)c1ccc(S(=O)(=O)[O-])cc1C(=O)[O-].[Na+].[Na+]. The van der Waals surface area contributed by atoms with Crippen molar-refractivity contribution in [1.82, 2.24) is 0 Å². The molecule has 0 heterocycles. The molecule has 0 spiro atoms. The third-order valence-electron chi connectivity index (χ3n) is 3.65. The van der Waals surface area contributed by atoms with Gasteiger partial charge in [0.1, 0.15) is 10.1 Å². The van der Waals surface area contributed by atoms with Gasteiger partial charge in [-0.3, -0.25) is 15.5 Å². The maximum Gasteiger partial charge on any atom is 1.00 e. The van der Waals surface area contributed by atoms with Crippen molar-refractivity contribution < 1.29 is 86.9 Å². The van der Waals surface area contributed by atoms with Crippen LogP contribution in [0.1, 0.15) is 29.8 Å². The number of aromatic carboxylic acids is 1. The first kappa shape index (κ1) is 29.5. The minimum atomic E-state index is -4.88. The first-order chi connectivity index (χ1) is 13.4. The molecule has 154 valence electrons. The second-order valence-corrected chi connectivity index (χ2v) is 7.53. The number of non-ortho nitro benzene ring substituents is 1. The number of nitrogens with zero attached hydrogens (tertiary/aromatic N) is 3. The Bertz CT molecular complexity index is 1120. The predicted octanol–water partition coefficient (Wildman–Crippen LogP) is -4.59. The van der Waals surface area contributed by atoms with Crippen LogP contribution in [0.4, 0.5) is 17.1 Å². The summed E-state index contributed by atoms with van der Waals surface area (Å²) in [7, 11) is -4.88. The summed E-state index contributed by atoms with van der Waals surface area (Å²) in [5.41, 5.74) is 3.36. The number of hydrazone groups is 1. The number of hydrogen-bond donors (Lipinski definition) is 1. The van der Waals surface area contributed by atoms with Gasteiger partial charge in [-0.25, -0.2) is 8.42 Å². The Hall–Kier alpha value is -1.51. The summed E-state index contributed by atoms with van der Waals surface area (Å²) in [4.78, 5) is 21.1. The molecule has 11 nitrogen and oxygen atoms in total. The Morgan fingerprint density at radius 1 is 1.13 bits per heavy atom. The normalized spacial score (nSPS) is 10.2. The maximum absolute atomic E-state index is 11.5. The number of anilines is 2. The van der Waals surface area contributed by atoms with Crippen LogP contribution in [-0.2, 0) is 10.1 Å². The van der Waals surface area contributed by atoms with Gasteiger partial charge in [-0.05, 0) is 50.6 Å². The summed E-state index contributed by atoms with van der Waals surface area (Å²) >= 11 is 0. The van der Waals surface area contributed by atoms with Gasteiger partial charge >= 0.3 is 59.1 Å². The molecule has 0 saturated carbocycles. The van der Waals surface area contributed by atoms with Gasteiger partial charge in [-0.1, -0.05) is 0 Å². The van der Waals surface area contributed by atoms with E-state index >= 15 is 0 Å². The monoisotopic (exact) mass is 466 g/mol. The van der Waals surface area contributed by atoms with E-state index in [1.165, 1.54) is 18.2 Å². The van der Waals surface area contributed by atoms with Gasteiger partial charge in [-0.15, -0.1) is 0 Å². The summed E-state index contributed by atoms with van der Waals surface area (Å²) in [5, 5.41) is 27.7. The summed E-state index contributed by atoms with van der Waals surface area (Å²) in [6, 6.07) is 6.71. The molecule has 0 aliphatic heterocycles. The fourth-order valence-electron chi connectivity index (χ4n) is 2.36. The molecule has 0 aliphatic rings. The first-order valence-corrected chi connectivity index (χ1v) is 9.46. The average Bonchev–Trinajstić information content (AvgIpc) is 2.60. The molecular weight excluding hydrogens is 450 g/mol. The summed E-state index contributed by atoms with van der Waals surface area (Å²) in [5.74, 6) is -1.72. The van der Waals surface area contributed by atoms with Crippen molar-refractivity contribution in [3.8, 4) is 0 Å². The van der Waals surface area contributed by atoms with Crippen LogP contribution in [0.5, 0.6) is 0 Å². The van der Waals surface area contributed by atoms with Gasteiger partial charge in [0.25, 0.3) is 5.69 Å². The van der Waals surface area contributed by atoms with Gasteiger partial charge in [0.15, 0.2) is 0 Å². The minimum absolute atomic E-state index is 0. The van der Waals surface area contributed by atoms with Crippen molar-refractivity contribution >= 4 is 38.9 Å². The summed E-state index contributed by atoms with van der Waals surface area (Å²) in [6.45, 7) is 4.86. The van der Waals surface area contributed by atoms with Crippen molar-refractivity contribution in [3.63, 3.8) is 0 Å². The number of nitro benzene ring substituents is 1. The third kappa shape index (κ3) is 7.84. The Balaban J connectivity index is 0.00000450. The Kier molecular flexibility index (Phi) is 11.3. The molecule has 2 rings (SSSR count). The summed E-state index contributed by atoms with van der Waals surface area (Å²) < 4.78 is 33.6. The quantitative estimate of drug-likeness (QED) is 0.139.